The minimum atomic E-state index is -0.913. The number of carbonyl (C=O) groups is 4. The van der Waals surface area contributed by atoms with E-state index in [1.54, 1.807) is 90.1 Å². The third-order valence-corrected chi connectivity index (χ3v) is 6.53. The summed E-state index contributed by atoms with van der Waals surface area (Å²) in [6, 6.07) is 16.0. The van der Waals surface area contributed by atoms with E-state index in [2.05, 4.69) is 21.3 Å². The molecule has 1 saturated carbocycles. The lowest BCUT2D eigenvalue weighted by Gasteiger charge is -2.32. The summed E-state index contributed by atoms with van der Waals surface area (Å²) in [5.41, 5.74) is -0.114. The molecule has 4 amide bonds. The van der Waals surface area contributed by atoms with E-state index in [1.165, 1.54) is 0 Å². The van der Waals surface area contributed by atoms with Gasteiger partial charge < -0.3 is 30.7 Å². The molecule has 0 radical (unpaired) electrons. The molecular formula is C32H44N4O6. The van der Waals surface area contributed by atoms with Crippen molar-refractivity contribution in [3.8, 4) is 0 Å². The molecule has 1 fully saturated rings. The van der Waals surface area contributed by atoms with Gasteiger partial charge in [-0.3, -0.25) is 9.59 Å². The lowest BCUT2D eigenvalue weighted by molar-refractivity contribution is -0.125. The van der Waals surface area contributed by atoms with Crippen LogP contribution < -0.4 is 21.3 Å². The van der Waals surface area contributed by atoms with Crippen LogP contribution in [0, 0.1) is 0 Å². The first kappa shape index (κ1) is 32.4. The Bertz CT molecular complexity index is 1100. The van der Waals surface area contributed by atoms with Crippen molar-refractivity contribution in [2.45, 2.75) is 103 Å². The molecule has 0 aromatic heterocycles. The van der Waals surface area contributed by atoms with Gasteiger partial charge in [0.25, 0.3) is 0 Å². The number of hydrogen-bond donors (Lipinski definition) is 4. The third-order valence-electron chi connectivity index (χ3n) is 6.53. The van der Waals surface area contributed by atoms with Crippen molar-refractivity contribution in [3.63, 3.8) is 0 Å². The number of hydrogen-bond acceptors (Lipinski definition) is 6. The highest BCUT2D eigenvalue weighted by Crippen LogP contribution is 2.23. The van der Waals surface area contributed by atoms with Gasteiger partial charge in [0.1, 0.15) is 23.3 Å². The number of ether oxygens (including phenoxy) is 2. The van der Waals surface area contributed by atoms with E-state index in [0.717, 1.165) is 0 Å². The molecule has 228 valence electrons. The molecule has 42 heavy (non-hydrogen) atoms. The van der Waals surface area contributed by atoms with E-state index in [9.17, 15) is 19.2 Å². The van der Waals surface area contributed by atoms with Crippen LogP contribution in [-0.4, -0.2) is 47.3 Å². The molecule has 0 spiro atoms. The van der Waals surface area contributed by atoms with Gasteiger partial charge in [-0.15, -0.1) is 0 Å². The van der Waals surface area contributed by atoms with E-state index in [4.69, 9.17) is 9.47 Å². The largest absolute Gasteiger partial charge is 0.444 e. The monoisotopic (exact) mass is 580 g/mol. The minimum Gasteiger partial charge on any atom is -0.444 e. The van der Waals surface area contributed by atoms with E-state index >= 15 is 0 Å². The average Bonchev–Trinajstić information content (AvgIpc) is 2.90. The number of amides is 4. The molecule has 0 aliphatic heterocycles. The molecular weight excluding hydrogens is 536 g/mol. The van der Waals surface area contributed by atoms with Crippen LogP contribution in [-0.2, 0) is 19.1 Å². The maximum Gasteiger partial charge on any atom is 0.408 e. The van der Waals surface area contributed by atoms with Gasteiger partial charge in [0.2, 0.25) is 11.8 Å². The molecule has 10 heteroatoms. The van der Waals surface area contributed by atoms with E-state index < -0.39 is 35.5 Å². The van der Waals surface area contributed by atoms with Crippen molar-refractivity contribution in [1.29, 1.82) is 0 Å². The molecule has 2 aromatic carbocycles. The number of alkyl carbamates (subject to hydrolysis) is 2. The Morgan fingerprint density at radius 1 is 0.595 bits per heavy atom. The van der Waals surface area contributed by atoms with Crippen molar-refractivity contribution in [1.82, 2.24) is 21.3 Å². The summed E-state index contributed by atoms with van der Waals surface area (Å²) in [5.74, 6) is -0.657. The molecule has 4 N–H and O–H groups in total. The zero-order valence-electron chi connectivity index (χ0n) is 25.4. The van der Waals surface area contributed by atoms with Crippen molar-refractivity contribution >= 4 is 24.0 Å². The van der Waals surface area contributed by atoms with Crippen LogP contribution in [0.3, 0.4) is 0 Å². The quantitative estimate of drug-likeness (QED) is 0.345. The summed E-state index contributed by atoms with van der Waals surface area (Å²) < 4.78 is 10.8. The molecule has 2 atom stereocenters. The Labute approximate surface area is 248 Å². The zero-order valence-corrected chi connectivity index (χ0v) is 25.4. The van der Waals surface area contributed by atoms with Crippen LogP contribution in [0.2, 0.25) is 0 Å². The first-order chi connectivity index (χ1) is 19.7. The summed E-state index contributed by atoms with van der Waals surface area (Å²) in [7, 11) is 0. The van der Waals surface area contributed by atoms with Gasteiger partial charge in [0.05, 0.1) is 0 Å². The second-order valence-corrected chi connectivity index (χ2v) is 12.5. The van der Waals surface area contributed by atoms with Crippen LogP contribution in [0.5, 0.6) is 0 Å². The lowest BCUT2D eigenvalue weighted by atomic mass is 9.90. The maximum atomic E-state index is 13.3. The van der Waals surface area contributed by atoms with Gasteiger partial charge in [-0.05, 0) is 78.4 Å². The SMILES string of the molecule is CC(C)(C)OC(=O)N[C@H](C(=O)NC1CCC(NC(=O)[C@@H](NC(=O)OC(C)(C)C)c2ccccc2)CC1)c1ccccc1. The van der Waals surface area contributed by atoms with E-state index in [-0.39, 0.29) is 23.9 Å². The Balaban J connectivity index is 1.59. The fourth-order valence-electron chi connectivity index (χ4n) is 4.69. The first-order valence-electron chi connectivity index (χ1n) is 14.4. The van der Waals surface area contributed by atoms with Gasteiger partial charge >= 0.3 is 12.2 Å². The molecule has 0 bridgehead atoms. The van der Waals surface area contributed by atoms with Crippen molar-refractivity contribution in [2.75, 3.05) is 0 Å². The molecule has 1 aliphatic carbocycles. The van der Waals surface area contributed by atoms with E-state index in [1.807, 2.05) is 12.1 Å². The lowest BCUT2D eigenvalue weighted by Crippen LogP contribution is -2.49. The highest BCUT2D eigenvalue weighted by Gasteiger charge is 2.31. The molecule has 2 aromatic rings. The van der Waals surface area contributed by atoms with Crippen molar-refractivity contribution in [3.05, 3.63) is 71.8 Å². The summed E-state index contributed by atoms with van der Waals surface area (Å²) in [4.78, 5) is 51.6. The van der Waals surface area contributed by atoms with E-state index in [0.29, 0.717) is 36.8 Å². The summed E-state index contributed by atoms with van der Waals surface area (Å²) in [6.07, 6.45) is 1.21. The van der Waals surface area contributed by atoms with Crippen LogP contribution in [0.4, 0.5) is 9.59 Å². The summed E-state index contributed by atoms with van der Waals surface area (Å²) in [5, 5.41) is 11.5. The van der Waals surface area contributed by atoms with Gasteiger partial charge in [0, 0.05) is 12.1 Å². The Morgan fingerprint density at radius 2 is 0.905 bits per heavy atom. The second-order valence-electron chi connectivity index (χ2n) is 12.5. The van der Waals surface area contributed by atoms with Gasteiger partial charge in [0.15, 0.2) is 0 Å². The highest BCUT2D eigenvalue weighted by molar-refractivity contribution is 5.88. The Hall–Kier alpha value is -4.08. The van der Waals surface area contributed by atoms with Crippen LogP contribution in [0.15, 0.2) is 60.7 Å². The molecule has 1 aliphatic rings. The average molecular weight is 581 g/mol. The van der Waals surface area contributed by atoms with Gasteiger partial charge in [-0.2, -0.15) is 0 Å². The summed E-state index contributed by atoms with van der Waals surface area (Å²) >= 11 is 0. The number of nitrogens with one attached hydrogen (secondary N) is 4. The molecule has 0 unspecified atom stereocenters. The van der Waals surface area contributed by atoms with Crippen molar-refractivity contribution in [2.24, 2.45) is 0 Å². The Kier molecular flexibility index (Phi) is 11.0. The minimum absolute atomic E-state index is 0.123. The van der Waals surface area contributed by atoms with Crippen LogP contribution in [0.1, 0.15) is 90.4 Å². The number of rotatable bonds is 8. The summed E-state index contributed by atoms with van der Waals surface area (Å²) in [6.45, 7) is 10.6. The molecule has 10 nitrogen and oxygen atoms in total. The topological polar surface area (TPSA) is 135 Å². The number of carbonyl (C=O) groups excluding carboxylic acids is 4. The number of benzene rings is 2. The van der Waals surface area contributed by atoms with Gasteiger partial charge in [-0.1, -0.05) is 60.7 Å². The third kappa shape index (κ3) is 10.7. The predicted octanol–water partition coefficient (Wildman–Crippen LogP) is 5.06. The first-order valence-corrected chi connectivity index (χ1v) is 14.4. The second kappa shape index (κ2) is 14.2. The highest BCUT2D eigenvalue weighted by atomic mass is 16.6. The van der Waals surface area contributed by atoms with Gasteiger partial charge in [-0.25, -0.2) is 9.59 Å². The van der Waals surface area contributed by atoms with Crippen LogP contribution in [0.25, 0.3) is 0 Å². The molecule has 3 rings (SSSR count). The van der Waals surface area contributed by atoms with Crippen LogP contribution >= 0.6 is 0 Å². The zero-order chi connectivity index (χ0) is 30.9. The molecule has 0 heterocycles. The normalized spacial score (nSPS) is 18.5. The fraction of sp³-hybridized carbons (Fsp3) is 0.500. The van der Waals surface area contributed by atoms with Crippen molar-refractivity contribution < 1.29 is 28.7 Å². The fourth-order valence-corrected chi connectivity index (χ4v) is 4.69. The smallest absolute Gasteiger partial charge is 0.408 e. The molecule has 0 saturated heterocycles. The predicted molar refractivity (Wildman–Crippen MR) is 159 cm³/mol. The maximum absolute atomic E-state index is 13.3. The Morgan fingerprint density at radius 3 is 1.19 bits per heavy atom. The standard InChI is InChI=1S/C32H44N4O6/c1-31(2,3)41-29(39)35-25(21-13-9-7-10-14-21)27(37)33-23-17-19-24(20-18-23)34-28(38)26(22-15-11-8-12-16-22)36-30(40)42-32(4,5)6/h7-16,23-26H,17-20H2,1-6H3,(H,33,37)(H,34,38)(H,35,39)(H,36,40)/t23?,24?,25-,26-/m0/s1.